The predicted molar refractivity (Wildman–Crippen MR) is 86.4 cm³/mol. The summed E-state index contributed by atoms with van der Waals surface area (Å²) in [6.45, 7) is 2.54. The van der Waals surface area contributed by atoms with E-state index in [0.717, 1.165) is 11.3 Å². The molecule has 7 nitrogen and oxygen atoms in total. The van der Waals surface area contributed by atoms with Gasteiger partial charge in [-0.05, 0) is 12.5 Å². The van der Waals surface area contributed by atoms with Gasteiger partial charge in [0.15, 0.2) is 0 Å². The maximum absolute atomic E-state index is 12.1. The third kappa shape index (κ3) is 4.84. The molecule has 2 amide bonds. The Hall–Kier alpha value is -2.83. The summed E-state index contributed by atoms with van der Waals surface area (Å²) >= 11 is 0. The Morgan fingerprint density at radius 3 is 2.65 bits per heavy atom. The fourth-order valence-electron chi connectivity index (χ4n) is 2.09. The van der Waals surface area contributed by atoms with Crippen LogP contribution >= 0.6 is 0 Å². The van der Waals surface area contributed by atoms with Crippen LogP contribution in [-0.2, 0) is 11.3 Å². The van der Waals surface area contributed by atoms with Crippen LogP contribution in [0.3, 0.4) is 0 Å². The summed E-state index contributed by atoms with van der Waals surface area (Å²) in [6, 6.07) is 11.2. The lowest BCUT2D eigenvalue weighted by Gasteiger charge is -2.17. The van der Waals surface area contributed by atoms with Crippen molar-refractivity contribution in [1.29, 1.82) is 0 Å². The Kier molecular flexibility index (Phi) is 5.35. The van der Waals surface area contributed by atoms with E-state index in [4.69, 9.17) is 5.11 Å². The van der Waals surface area contributed by atoms with Gasteiger partial charge in [-0.1, -0.05) is 30.3 Å². The zero-order valence-corrected chi connectivity index (χ0v) is 13.2. The molecule has 0 aliphatic heterocycles. The van der Waals surface area contributed by atoms with Crippen LogP contribution in [0, 0.1) is 6.92 Å². The van der Waals surface area contributed by atoms with Gasteiger partial charge in [0.05, 0.1) is 18.7 Å². The van der Waals surface area contributed by atoms with Gasteiger partial charge in [0, 0.05) is 19.7 Å². The Morgan fingerprint density at radius 2 is 2.00 bits per heavy atom. The number of aromatic nitrogens is 2. The SMILES string of the molecule is Cc1cc(NC(=O)N(C)CCC(=O)O)n(Cc2ccccc2)n1. The number of carbonyl (C=O) groups excluding carboxylic acids is 1. The molecule has 0 aliphatic carbocycles. The summed E-state index contributed by atoms with van der Waals surface area (Å²) < 4.78 is 1.72. The number of hydrogen-bond acceptors (Lipinski definition) is 3. The standard InChI is InChI=1S/C16H20N4O3/c1-12-10-14(17-16(23)19(2)9-8-15(21)22)20(18-12)11-13-6-4-3-5-7-13/h3-7,10H,8-9,11H2,1-2H3,(H,17,23)(H,21,22). The molecule has 0 unspecified atom stereocenters. The second-order valence-corrected chi connectivity index (χ2v) is 5.31. The van der Waals surface area contributed by atoms with Crippen molar-refractivity contribution in [3.8, 4) is 0 Å². The van der Waals surface area contributed by atoms with Crippen molar-refractivity contribution in [2.45, 2.75) is 19.9 Å². The molecule has 0 saturated heterocycles. The van der Waals surface area contributed by atoms with Crippen molar-refractivity contribution in [3.63, 3.8) is 0 Å². The topological polar surface area (TPSA) is 87.5 Å². The largest absolute Gasteiger partial charge is 0.481 e. The third-order valence-electron chi connectivity index (χ3n) is 3.32. The first kappa shape index (κ1) is 16.5. The fraction of sp³-hybridized carbons (Fsp3) is 0.312. The van der Waals surface area contributed by atoms with Crippen molar-refractivity contribution in [1.82, 2.24) is 14.7 Å². The molecule has 1 aromatic heterocycles. The zero-order chi connectivity index (χ0) is 16.8. The summed E-state index contributed by atoms with van der Waals surface area (Å²) in [7, 11) is 1.56. The van der Waals surface area contributed by atoms with Gasteiger partial charge in [-0.2, -0.15) is 5.10 Å². The summed E-state index contributed by atoms with van der Waals surface area (Å²) in [5.74, 6) is -0.354. The first-order valence-electron chi connectivity index (χ1n) is 7.28. The molecule has 122 valence electrons. The highest BCUT2D eigenvalue weighted by Gasteiger charge is 2.14. The maximum atomic E-state index is 12.1. The smallest absolute Gasteiger partial charge is 0.322 e. The minimum Gasteiger partial charge on any atom is -0.481 e. The average molecular weight is 316 g/mol. The van der Waals surface area contributed by atoms with Gasteiger partial charge in [-0.25, -0.2) is 9.48 Å². The van der Waals surface area contributed by atoms with E-state index < -0.39 is 5.97 Å². The van der Waals surface area contributed by atoms with Crippen LogP contribution < -0.4 is 5.32 Å². The molecule has 0 radical (unpaired) electrons. The van der Waals surface area contributed by atoms with E-state index in [2.05, 4.69) is 10.4 Å². The van der Waals surface area contributed by atoms with Gasteiger partial charge in [-0.15, -0.1) is 0 Å². The van der Waals surface area contributed by atoms with E-state index >= 15 is 0 Å². The van der Waals surface area contributed by atoms with Gasteiger partial charge < -0.3 is 10.0 Å². The number of hydrogen-bond donors (Lipinski definition) is 2. The molecule has 0 atom stereocenters. The number of carboxylic acid groups (broad SMARTS) is 1. The molecule has 0 spiro atoms. The van der Waals surface area contributed by atoms with E-state index in [0.29, 0.717) is 12.4 Å². The molecule has 1 aromatic carbocycles. The zero-order valence-electron chi connectivity index (χ0n) is 13.2. The van der Waals surface area contributed by atoms with Gasteiger partial charge >= 0.3 is 12.0 Å². The van der Waals surface area contributed by atoms with Crippen molar-refractivity contribution < 1.29 is 14.7 Å². The summed E-state index contributed by atoms with van der Waals surface area (Å²) in [5, 5.41) is 15.8. The first-order valence-corrected chi connectivity index (χ1v) is 7.28. The molecule has 2 aromatic rings. The number of carbonyl (C=O) groups is 2. The molecular formula is C16H20N4O3. The number of aryl methyl sites for hydroxylation is 1. The van der Waals surface area contributed by atoms with Crippen LogP contribution in [0.4, 0.5) is 10.6 Å². The Morgan fingerprint density at radius 1 is 1.30 bits per heavy atom. The Bertz CT molecular complexity index is 682. The van der Waals surface area contributed by atoms with E-state index in [1.165, 1.54) is 4.90 Å². The maximum Gasteiger partial charge on any atom is 0.322 e. The first-order chi connectivity index (χ1) is 11.0. The highest BCUT2D eigenvalue weighted by Crippen LogP contribution is 2.13. The lowest BCUT2D eigenvalue weighted by molar-refractivity contribution is -0.137. The normalized spacial score (nSPS) is 10.3. The van der Waals surface area contributed by atoms with Crippen molar-refractivity contribution in [2.75, 3.05) is 18.9 Å². The number of nitrogens with zero attached hydrogens (tertiary/aromatic N) is 3. The average Bonchev–Trinajstić information content (AvgIpc) is 2.85. The number of anilines is 1. The minimum absolute atomic E-state index is 0.0910. The third-order valence-corrected chi connectivity index (χ3v) is 3.32. The predicted octanol–water partition coefficient (Wildman–Crippen LogP) is 2.18. The van der Waals surface area contributed by atoms with Crippen LogP contribution in [-0.4, -0.2) is 45.4 Å². The van der Waals surface area contributed by atoms with Crippen molar-refractivity contribution in [3.05, 3.63) is 47.7 Å². The lowest BCUT2D eigenvalue weighted by atomic mass is 10.2. The minimum atomic E-state index is -0.936. The summed E-state index contributed by atoms with van der Waals surface area (Å²) in [4.78, 5) is 24.0. The van der Waals surface area contributed by atoms with Gasteiger partial charge in [0.1, 0.15) is 5.82 Å². The highest BCUT2D eigenvalue weighted by atomic mass is 16.4. The van der Waals surface area contributed by atoms with Crippen LogP contribution in [0.5, 0.6) is 0 Å². The van der Waals surface area contributed by atoms with Crippen LogP contribution in [0.25, 0.3) is 0 Å². The second kappa shape index (κ2) is 7.44. The number of urea groups is 1. The molecule has 1 heterocycles. The van der Waals surface area contributed by atoms with Crippen molar-refractivity contribution >= 4 is 17.8 Å². The molecule has 0 saturated carbocycles. The van der Waals surface area contributed by atoms with Crippen LogP contribution in [0.2, 0.25) is 0 Å². The monoisotopic (exact) mass is 316 g/mol. The fourth-order valence-corrected chi connectivity index (χ4v) is 2.09. The van der Waals surface area contributed by atoms with Crippen LogP contribution in [0.1, 0.15) is 17.7 Å². The summed E-state index contributed by atoms with van der Waals surface area (Å²) in [5.41, 5.74) is 1.87. The number of rotatable bonds is 6. The number of benzene rings is 1. The number of amides is 2. The van der Waals surface area contributed by atoms with Gasteiger partial charge in [0.2, 0.25) is 0 Å². The molecule has 23 heavy (non-hydrogen) atoms. The highest BCUT2D eigenvalue weighted by molar-refractivity contribution is 5.88. The van der Waals surface area contributed by atoms with Gasteiger partial charge in [0.25, 0.3) is 0 Å². The van der Waals surface area contributed by atoms with E-state index in [1.54, 1.807) is 17.8 Å². The van der Waals surface area contributed by atoms with Gasteiger partial charge in [-0.3, -0.25) is 10.1 Å². The number of aliphatic carboxylic acids is 1. The Balaban J connectivity index is 2.05. The van der Waals surface area contributed by atoms with E-state index in [9.17, 15) is 9.59 Å². The quantitative estimate of drug-likeness (QED) is 0.855. The number of nitrogens with one attached hydrogen (secondary N) is 1. The number of carboxylic acids is 1. The molecular weight excluding hydrogens is 296 g/mol. The van der Waals surface area contributed by atoms with Crippen LogP contribution in [0.15, 0.2) is 36.4 Å². The molecule has 0 bridgehead atoms. The molecule has 0 aliphatic rings. The lowest BCUT2D eigenvalue weighted by Crippen LogP contribution is -2.33. The second-order valence-electron chi connectivity index (χ2n) is 5.31. The molecule has 2 rings (SSSR count). The molecule has 7 heteroatoms. The summed E-state index contributed by atoms with van der Waals surface area (Å²) in [6.07, 6.45) is -0.0910. The Labute approximate surface area is 134 Å². The van der Waals surface area contributed by atoms with Crippen molar-refractivity contribution in [2.24, 2.45) is 0 Å². The molecule has 0 fully saturated rings. The van der Waals surface area contributed by atoms with E-state index in [-0.39, 0.29) is 19.0 Å². The molecule has 2 N–H and O–H groups in total. The van der Waals surface area contributed by atoms with E-state index in [1.807, 2.05) is 37.3 Å².